The van der Waals surface area contributed by atoms with Gasteiger partial charge in [0.1, 0.15) is 23.8 Å². The van der Waals surface area contributed by atoms with Gasteiger partial charge in [-0.25, -0.2) is 9.97 Å². The van der Waals surface area contributed by atoms with Gasteiger partial charge in [-0.2, -0.15) is 18.3 Å². The Morgan fingerprint density at radius 2 is 2.11 bits per heavy atom. The Bertz CT molecular complexity index is 709. The molecule has 1 aliphatic rings. The van der Waals surface area contributed by atoms with Crippen LogP contribution in [-0.4, -0.2) is 50.2 Å². The van der Waals surface area contributed by atoms with E-state index in [1.54, 1.807) is 11.0 Å². The van der Waals surface area contributed by atoms with Crippen molar-refractivity contribution in [1.29, 1.82) is 0 Å². The van der Waals surface area contributed by atoms with E-state index in [4.69, 9.17) is 21.4 Å². The number of nitrogens with zero attached hydrogens (tertiary/aromatic N) is 4. The standard InChI is InChI=1S/C11H12ClF3N2O.C6H11N3O/c12-9-5-7(11(13,14)15)6-17-10(9)18-8-1-3-16-4-2-8;1-2-6(10)3-9-5-7-4-8-9/h5-6,8,16H,1-4H2;4-6,10H,2-3H2,1H3. The van der Waals surface area contributed by atoms with Gasteiger partial charge >= 0.3 is 6.18 Å². The zero-order valence-corrected chi connectivity index (χ0v) is 16.1. The van der Waals surface area contributed by atoms with Crippen molar-refractivity contribution in [3.63, 3.8) is 0 Å². The summed E-state index contributed by atoms with van der Waals surface area (Å²) in [7, 11) is 0. The van der Waals surface area contributed by atoms with Gasteiger partial charge < -0.3 is 15.2 Å². The maximum absolute atomic E-state index is 12.4. The average Bonchev–Trinajstić information content (AvgIpc) is 3.17. The summed E-state index contributed by atoms with van der Waals surface area (Å²) in [5.41, 5.74) is -0.870. The number of piperidine rings is 1. The van der Waals surface area contributed by atoms with Crippen molar-refractivity contribution in [1.82, 2.24) is 25.1 Å². The zero-order chi connectivity index (χ0) is 20.6. The third-order valence-electron chi connectivity index (χ3n) is 4.03. The Morgan fingerprint density at radius 1 is 1.39 bits per heavy atom. The highest BCUT2D eigenvalue weighted by molar-refractivity contribution is 6.31. The second kappa shape index (κ2) is 10.6. The minimum absolute atomic E-state index is 0.0482. The van der Waals surface area contributed by atoms with Crippen LogP contribution in [0, 0.1) is 0 Å². The van der Waals surface area contributed by atoms with Crippen LogP contribution in [0.25, 0.3) is 0 Å². The first kappa shape index (κ1) is 22.4. The van der Waals surface area contributed by atoms with Gasteiger partial charge in [0.15, 0.2) is 0 Å². The highest BCUT2D eigenvalue weighted by atomic mass is 35.5. The van der Waals surface area contributed by atoms with Crippen LogP contribution < -0.4 is 10.1 Å². The lowest BCUT2D eigenvalue weighted by Gasteiger charge is -2.23. The van der Waals surface area contributed by atoms with Gasteiger partial charge in [-0.3, -0.25) is 4.68 Å². The topological polar surface area (TPSA) is 85.1 Å². The van der Waals surface area contributed by atoms with Crippen molar-refractivity contribution >= 4 is 11.6 Å². The predicted molar refractivity (Wildman–Crippen MR) is 97.1 cm³/mol. The lowest BCUT2D eigenvalue weighted by atomic mass is 10.1. The molecule has 3 heterocycles. The van der Waals surface area contributed by atoms with E-state index >= 15 is 0 Å². The Balaban J connectivity index is 0.000000237. The molecule has 1 aliphatic heterocycles. The fourth-order valence-electron chi connectivity index (χ4n) is 2.41. The molecule has 1 saturated heterocycles. The summed E-state index contributed by atoms with van der Waals surface area (Å²) in [6.45, 7) is 4.12. The molecule has 7 nitrogen and oxygen atoms in total. The summed E-state index contributed by atoms with van der Waals surface area (Å²) in [4.78, 5) is 7.39. The van der Waals surface area contributed by atoms with Crippen LogP contribution in [0.1, 0.15) is 31.7 Å². The molecule has 0 spiro atoms. The van der Waals surface area contributed by atoms with Crippen LogP contribution in [0.15, 0.2) is 24.9 Å². The minimum atomic E-state index is -4.44. The Labute approximate surface area is 165 Å². The fraction of sp³-hybridized carbons (Fsp3) is 0.588. The van der Waals surface area contributed by atoms with Crippen molar-refractivity contribution in [3.8, 4) is 5.88 Å². The third-order valence-corrected chi connectivity index (χ3v) is 4.31. The monoisotopic (exact) mass is 421 g/mol. The van der Waals surface area contributed by atoms with E-state index < -0.39 is 11.7 Å². The zero-order valence-electron chi connectivity index (χ0n) is 15.4. The van der Waals surface area contributed by atoms with E-state index in [1.807, 2.05) is 6.92 Å². The van der Waals surface area contributed by atoms with E-state index in [-0.39, 0.29) is 23.1 Å². The number of rotatable bonds is 5. The van der Waals surface area contributed by atoms with Gasteiger partial charge in [0.2, 0.25) is 5.88 Å². The molecule has 0 bridgehead atoms. The summed E-state index contributed by atoms with van der Waals surface area (Å²) in [5, 5.41) is 16.0. The molecular formula is C17H23ClF3N5O2. The second-order valence-corrected chi connectivity index (χ2v) is 6.66. The van der Waals surface area contributed by atoms with Crippen LogP contribution in [-0.2, 0) is 12.7 Å². The van der Waals surface area contributed by atoms with Gasteiger partial charge in [-0.1, -0.05) is 18.5 Å². The van der Waals surface area contributed by atoms with Gasteiger partial charge in [0, 0.05) is 6.20 Å². The first-order chi connectivity index (χ1) is 13.3. The number of aromatic nitrogens is 4. The molecule has 1 fully saturated rings. The molecule has 1 atom stereocenters. The van der Waals surface area contributed by atoms with Gasteiger partial charge in [0.05, 0.1) is 18.2 Å². The molecule has 11 heteroatoms. The summed E-state index contributed by atoms with van der Waals surface area (Å²) in [6, 6.07) is 0.838. The van der Waals surface area contributed by atoms with Crippen LogP contribution >= 0.6 is 11.6 Å². The van der Waals surface area contributed by atoms with Crippen molar-refractivity contribution in [3.05, 3.63) is 35.5 Å². The number of pyridine rings is 1. The number of halogens is 4. The Kier molecular flexibility index (Phi) is 8.46. The number of aliphatic hydroxyl groups excluding tert-OH is 1. The smallest absolute Gasteiger partial charge is 0.417 e. The first-order valence-electron chi connectivity index (χ1n) is 8.90. The molecular weight excluding hydrogens is 399 g/mol. The van der Waals surface area contributed by atoms with Crippen LogP contribution in [0.3, 0.4) is 0 Å². The molecule has 1 unspecified atom stereocenters. The normalized spacial score (nSPS) is 16.2. The van der Waals surface area contributed by atoms with Crippen molar-refractivity contribution in [2.45, 2.75) is 51.1 Å². The molecule has 0 amide bonds. The summed E-state index contributed by atoms with van der Waals surface area (Å²) in [5.74, 6) is 0.0663. The average molecular weight is 422 g/mol. The van der Waals surface area contributed by atoms with Crippen LogP contribution in [0.4, 0.5) is 13.2 Å². The molecule has 2 aromatic heterocycles. The predicted octanol–water partition coefficient (Wildman–Crippen LogP) is 2.93. The highest BCUT2D eigenvalue weighted by Crippen LogP contribution is 2.33. The van der Waals surface area contributed by atoms with E-state index in [9.17, 15) is 13.2 Å². The van der Waals surface area contributed by atoms with Crippen molar-refractivity contribution < 1.29 is 23.0 Å². The first-order valence-corrected chi connectivity index (χ1v) is 9.28. The van der Waals surface area contributed by atoms with Crippen molar-refractivity contribution in [2.24, 2.45) is 0 Å². The Hall–Kier alpha value is -1.91. The third kappa shape index (κ3) is 7.25. The van der Waals surface area contributed by atoms with E-state index in [0.29, 0.717) is 6.54 Å². The molecule has 2 N–H and O–H groups in total. The number of nitrogens with one attached hydrogen (secondary N) is 1. The number of alkyl halides is 3. The van der Waals surface area contributed by atoms with Gasteiger partial charge in [-0.05, 0) is 38.4 Å². The highest BCUT2D eigenvalue weighted by Gasteiger charge is 2.32. The molecule has 2 aromatic rings. The van der Waals surface area contributed by atoms with Crippen LogP contribution in [0.2, 0.25) is 5.02 Å². The number of aliphatic hydroxyl groups is 1. The van der Waals surface area contributed by atoms with E-state index in [1.165, 1.54) is 6.33 Å². The molecule has 0 aromatic carbocycles. The fourth-order valence-corrected chi connectivity index (χ4v) is 2.62. The maximum Gasteiger partial charge on any atom is 0.417 e. The number of ether oxygens (including phenoxy) is 1. The number of hydrogen-bond acceptors (Lipinski definition) is 6. The summed E-state index contributed by atoms with van der Waals surface area (Å²) < 4.78 is 44.4. The SMILES string of the molecule is CCC(O)Cn1cncn1.FC(F)(F)c1cnc(OC2CCNCC2)c(Cl)c1. The molecule has 0 radical (unpaired) electrons. The van der Waals surface area contributed by atoms with Gasteiger partial charge in [0.25, 0.3) is 0 Å². The maximum atomic E-state index is 12.4. The van der Waals surface area contributed by atoms with Crippen LogP contribution in [0.5, 0.6) is 5.88 Å². The lowest BCUT2D eigenvalue weighted by Crippen LogP contribution is -2.34. The summed E-state index contributed by atoms with van der Waals surface area (Å²) in [6.07, 6.45) is 1.33. The Morgan fingerprint density at radius 3 is 2.64 bits per heavy atom. The quantitative estimate of drug-likeness (QED) is 0.772. The molecule has 28 heavy (non-hydrogen) atoms. The van der Waals surface area contributed by atoms with Gasteiger partial charge in [-0.15, -0.1) is 0 Å². The molecule has 156 valence electrons. The molecule has 0 saturated carbocycles. The largest absolute Gasteiger partial charge is 0.473 e. The van der Waals surface area contributed by atoms with E-state index in [0.717, 1.165) is 44.6 Å². The second-order valence-electron chi connectivity index (χ2n) is 6.26. The molecule has 3 rings (SSSR count). The minimum Gasteiger partial charge on any atom is -0.473 e. The lowest BCUT2D eigenvalue weighted by molar-refractivity contribution is -0.137. The van der Waals surface area contributed by atoms with Crippen molar-refractivity contribution in [2.75, 3.05) is 13.1 Å². The molecule has 0 aliphatic carbocycles. The van der Waals surface area contributed by atoms with E-state index in [2.05, 4.69) is 20.4 Å². The number of hydrogen-bond donors (Lipinski definition) is 2. The summed E-state index contributed by atoms with van der Waals surface area (Å²) >= 11 is 5.75.